The second kappa shape index (κ2) is 11.2. The molecule has 174 valence electrons. The number of halogens is 3. The maximum Gasteiger partial charge on any atom is 0.401 e. The van der Waals surface area contributed by atoms with Crippen molar-refractivity contribution in [2.24, 2.45) is 16.8 Å². The lowest BCUT2D eigenvalue weighted by Gasteiger charge is -2.39. The molecule has 0 aromatic carbocycles. The van der Waals surface area contributed by atoms with Crippen LogP contribution in [0.3, 0.4) is 0 Å². The third kappa shape index (κ3) is 8.29. The Morgan fingerprint density at radius 1 is 1.10 bits per heavy atom. The van der Waals surface area contributed by atoms with Gasteiger partial charge in [0, 0.05) is 59.4 Å². The van der Waals surface area contributed by atoms with E-state index in [0.717, 1.165) is 39.3 Å². The molecule has 2 heterocycles. The highest BCUT2D eigenvalue weighted by Crippen LogP contribution is 2.21. The zero-order valence-electron chi connectivity index (χ0n) is 18.7. The average molecular weight is 435 g/mol. The molecule has 0 spiro atoms. The van der Waals surface area contributed by atoms with E-state index in [1.165, 1.54) is 18.4 Å². The van der Waals surface area contributed by atoms with Crippen LogP contribution in [0.4, 0.5) is 13.2 Å². The number of guanidine groups is 1. The number of aliphatic imine (C=N–C) groups is 1. The Labute approximate surface area is 178 Å². The minimum atomic E-state index is -4.19. The van der Waals surface area contributed by atoms with Crippen molar-refractivity contribution in [1.82, 2.24) is 24.9 Å². The topological polar surface area (TPSA) is 54.4 Å². The van der Waals surface area contributed by atoms with Crippen LogP contribution < -0.4 is 5.32 Å². The van der Waals surface area contributed by atoms with E-state index in [4.69, 9.17) is 0 Å². The highest BCUT2D eigenvalue weighted by atomic mass is 19.4. The van der Waals surface area contributed by atoms with Crippen LogP contribution in [0.25, 0.3) is 0 Å². The number of carbonyl (C=O) groups excluding carboxylic acids is 1. The van der Waals surface area contributed by atoms with E-state index in [9.17, 15) is 18.0 Å². The molecule has 10 heteroatoms. The van der Waals surface area contributed by atoms with Gasteiger partial charge in [-0.25, -0.2) is 0 Å². The van der Waals surface area contributed by atoms with E-state index in [0.29, 0.717) is 30.9 Å². The van der Waals surface area contributed by atoms with Crippen molar-refractivity contribution in [2.75, 3.05) is 79.5 Å². The number of hydrogen-bond acceptors (Lipinski definition) is 4. The molecule has 0 aliphatic carbocycles. The predicted octanol–water partition coefficient (Wildman–Crippen LogP) is 1.18. The van der Waals surface area contributed by atoms with Crippen LogP contribution in [0.2, 0.25) is 0 Å². The number of piperidine rings is 1. The van der Waals surface area contributed by atoms with Gasteiger partial charge in [-0.1, -0.05) is 13.8 Å². The fraction of sp³-hybridized carbons (Fsp3) is 0.900. The summed E-state index contributed by atoms with van der Waals surface area (Å²) in [5.41, 5.74) is 0. The second-order valence-electron chi connectivity index (χ2n) is 8.83. The molecule has 2 aliphatic rings. The van der Waals surface area contributed by atoms with Crippen molar-refractivity contribution in [3.63, 3.8) is 0 Å². The van der Waals surface area contributed by atoms with Gasteiger partial charge in [-0.15, -0.1) is 0 Å². The minimum absolute atomic E-state index is 0.206. The Hall–Kier alpha value is -1.55. The van der Waals surface area contributed by atoms with Crippen LogP contribution in [0.1, 0.15) is 20.3 Å². The normalized spacial score (nSPS) is 24.5. The monoisotopic (exact) mass is 434 g/mol. The highest BCUT2D eigenvalue weighted by molar-refractivity contribution is 5.80. The van der Waals surface area contributed by atoms with Gasteiger partial charge >= 0.3 is 6.18 Å². The Morgan fingerprint density at radius 3 is 2.23 bits per heavy atom. The van der Waals surface area contributed by atoms with Crippen molar-refractivity contribution in [3.05, 3.63) is 0 Å². The lowest BCUT2D eigenvalue weighted by Crippen LogP contribution is -2.55. The van der Waals surface area contributed by atoms with Gasteiger partial charge in [0.05, 0.1) is 13.1 Å². The van der Waals surface area contributed by atoms with Gasteiger partial charge in [0.25, 0.3) is 0 Å². The smallest absolute Gasteiger partial charge is 0.355 e. The van der Waals surface area contributed by atoms with Gasteiger partial charge in [0.1, 0.15) is 0 Å². The second-order valence-corrected chi connectivity index (χ2v) is 8.83. The van der Waals surface area contributed by atoms with Crippen LogP contribution in [-0.2, 0) is 4.79 Å². The van der Waals surface area contributed by atoms with Crippen LogP contribution >= 0.6 is 0 Å². The van der Waals surface area contributed by atoms with E-state index >= 15 is 0 Å². The zero-order valence-corrected chi connectivity index (χ0v) is 18.7. The fourth-order valence-corrected chi connectivity index (χ4v) is 4.35. The van der Waals surface area contributed by atoms with Crippen molar-refractivity contribution < 1.29 is 18.0 Å². The molecule has 2 fully saturated rings. The van der Waals surface area contributed by atoms with E-state index in [1.54, 1.807) is 7.05 Å². The van der Waals surface area contributed by atoms with Gasteiger partial charge in [-0.05, 0) is 25.3 Å². The van der Waals surface area contributed by atoms with E-state index in [2.05, 4.69) is 34.0 Å². The first kappa shape index (κ1) is 24.7. The summed E-state index contributed by atoms with van der Waals surface area (Å²) in [6.07, 6.45) is -3.00. The first-order valence-electron chi connectivity index (χ1n) is 10.8. The third-order valence-electron chi connectivity index (χ3n) is 5.69. The van der Waals surface area contributed by atoms with Gasteiger partial charge in [0.2, 0.25) is 5.91 Å². The molecule has 0 bridgehead atoms. The number of alkyl halides is 3. The molecule has 0 aromatic rings. The van der Waals surface area contributed by atoms with Gasteiger partial charge in [-0.2, -0.15) is 13.2 Å². The molecule has 2 rings (SSSR count). The molecule has 2 unspecified atom stereocenters. The van der Waals surface area contributed by atoms with Crippen LogP contribution in [-0.4, -0.2) is 117 Å². The molecule has 2 aliphatic heterocycles. The molecule has 1 N–H and O–H groups in total. The summed E-state index contributed by atoms with van der Waals surface area (Å²) in [6, 6.07) is 0. The number of hydrogen-bond donors (Lipinski definition) is 1. The van der Waals surface area contributed by atoms with Crippen LogP contribution in [0, 0.1) is 11.8 Å². The fourth-order valence-electron chi connectivity index (χ4n) is 4.35. The Morgan fingerprint density at radius 2 is 1.70 bits per heavy atom. The molecule has 0 saturated carbocycles. The van der Waals surface area contributed by atoms with Crippen molar-refractivity contribution >= 4 is 11.9 Å². The molecule has 30 heavy (non-hydrogen) atoms. The quantitative estimate of drug-likeness (QED) is 0.503. The predicted molar refractivity (Wildman–Crippen MR) is 112 cm³/mol. The molecule has 2 atom stereocenters. The summed E-state index contributed by atoms with van der Waals surface area (Å²) in [6.45, 7) is 9.29. The van der Waals surface area contributed by atoms with Crippen molar-refractivity contribution in [3.8, 4) is 0 Å². The number of nitrogens with zero attached hydrogens (tertiary/aromatic N) is 5. The molecule has 1 amide bonds. The first-order valence-corrected chi connectivity index (χ1v) is 10.8. The summed E-state index contributed by atoms with van der Waals surface area (Å²) in [5.74, 6) is 2.01. The third-order valence-corrected chi connectivity index (χ3v) is 5.69. The van der Waals surface area contributed by atoms with E-state index < -0.39 is 12.7 Å². The molecule has 0 aromatic heterocycles. The molecular weight excluding hydrogens is 397 g/mol. The summed E-state index contributed by atoms with van der Waals surface area (Å²) < 4.78 is 37.2. The maximum absolute atomic E-state index is 12.7. The minimum Gasteiger partial charge on any atom is -0.355 e. The summed E-state index contributed by atoms with van der Waals surface area (Å²) >= 11 is 0. The largest absolute Gasteiger partial charge is 0.401 e. The number of nitrogens with one attached hydrogen (secondary N) is 1. The SMILES string of the molecule is CN=C(NCCN(C)CC(F)(F)F)N1CCN(CC(=O)N2CC(C)CC(C)C2)CC1. The van der Waals surface area contributed by atoms with Crippen molar-refractivity contribution in [2.45, 2.75) is 26.4 Å². The molecule has 2 saturated heterocycles. The highest BCUT2D eigenvalue weighted by Gasteiger charge is 2.29. The molecular formula is C20H37F3N6O. The molecule has 7 nitrogen and oxygen atoms in total. The number of rotatable bonds is 6. The average Bonchev–Trinajstić information content (AvgIpc) is 2.64. The van der Waals surface area contributed by atoms with Crippen LogP contribution in [0.15, 0.2) is 4.99 Å². The zero-order chi connectivity index (χ0) is 22.3. The van der Waals surface area contributed by atoms with E-state index in [-0.39, 0.29) is 12.5 Å². The summed E-state index contributed by atoms with van der Waals surface area (Å²) in [7, 11) is 3.13. The number of piperazine rings is 1. The Bertz CT molecular complexity index is 567. The standard InChI is InChI=1S/C20H37F3N6O/c1-16-11-17(2)13-29(12-16)18(30)14-27-7-9-28(10-8-27)19(24-3)25-5-6-26(4)15-20(21,22)23/h16-17H,5-15H2,1-4H3,(H,24,25). The summed E-state index contributed by atoms with van der Waals surface area (Å²) in [5, 5.41) is 3.15. The van der Waals surface area contributed by atoms with Gasteiger partial charge in [-0.3, -0.25) is 19.6 Å². The van der Waals surface area contributed by atoms with Crippen molar-refractivity contribution in [1.29, 1.82) is 0 Å². The van der Waals surface area contributed by atoms with Crippen LogP contribution in [0.5, 0.6) is 0 Å². The Balaban J connectivity index is 1.71. The lowest BCUT2D eigenvalue weighted by molar-refractivity contribution is -0.142. The van der Waals surface area contributed by atoms with Gasteiger partial charge < -0.3 is 15.1 Å². The lowest BCUT2D eigenvalue weighted by atomic mass is 9.92. The van der Waals surface area contributed by atoms with E-state index in [1.807, 2.05) is 4.90 Å². The maximum atomic E-state index is 12.7. The Kier molecular flexibility index (Phi) is 9.21. The summed E-state index contributed by atoms with van der Waals surface area (Å²) in [4.78, 5) is 24.5. The number of carbonyl (C=O) groups is 1. The number of likely N-dealkylation sites (N-methyl/N-ethyl adjacent to an activating group) is 1. The molecule has 0 radical (unpaired) electrons. The van der Waals surface area contributed by atoms with Gasteiger partial charge in [0.15, 0.2) is 5.96 Å². The first-order chi connectivity index (χ1) is 14.1. The number of likely N-dealkylation sites (tertiary alicyclic amines) is 1. The number of amides is 1.